The van der Waals surface area contributed by atoms with E-state index in [1.165, 1.54) is 11.3 Å². The Morgan fingerprint density at radius 1 is 1.13 bits per heavy atom. The summed E-state index contributed by atoms with van der Waals surface area (Å²) in [5, 5.41) is 6.85. The Labute approximate surface area is 203 Å². The van der Waals surface area contributed by atoms with Crippen molar-refractivity contribution in [3.8, 4) is 0 Å². The van der Waals surface area contributed by atoms with Crippen LogP contribution in [0, 0.1) is 0 Å². The Kier molecular flexibility index (Phi) is 11.4. The third kappa shape index (κ3) is 7.84. The number of morpholine rings is 1. The van der Waals surface area contributed by atoms with Crippen molar-refractivity contribution >= 4 is 41.4 Å². The van der Waals surface area contributed by atoms with Gasteiger partial charge >= 0.3 is 0 Å². The number of halogens is 1. The maximum atomic E-state index is 5.47. The summed E-state index contributed by atoms with van der Waals surface area (Å²) >= 11 is 0. The molecule has 0 radical (unpaired) electrons. The Bertz CT molecular complexity index is 783. The van der Waals surface area contributed by atoms with Crippen molar-refractivity contribution in [2.45, 2.75) is 19.9 Å². The van der Waals surface area contributed by atoms with Crippen molar-refractivity contribution in [3.05, 3.63) is 54.2 Å². The summed E-state index contributed by atoms with van der Waals surface area (Å²) in [4.78, 5) is 13.7. The van der Waals surface area contributed by atoms with Gasteiger partial charge in [0.05, 0.1) is 13.2 Å². The molecule has 0 atom stereocenters. The number of aliphatic imine (C=N–C) groups is 1. The maximum Gasteiger partial charge on any atom is 0.191 e. The smallest absolute Gasteiger partial charge is 0.191 e. The van der Waals surface area contributed by atoms with Crippen LogP contribution in [0.2, 0.25) is 0 Å². The fourth-order valence-electron chi connectivity index (χ4n) is 3.61. The lowest BCUT2D eigenvalue weighted by molar-refractivity contribution is 0.122. The SMILES string of the molecule is CCN(CCCNC(=NC)NCc1cccnc1N1CCOCC1)c1ccccc1.I. The number of benzene rings is 1. The predicted octanol–water partition coefficient (Wildman–Crippen LogP) is 3.12. The molecule has 0 spiro atoms. The Morgan fingerprint density at radius 2 is 1.90 bits per heavy atom. The Balaban J connectivity index is 0.00000341. The van der Waals surface area contributed by atoms with Gasteiger partial charge in [0.25, 0.3) is 0 Å². The normalized spacial score (nSPS) is 14.0. The fourth-order valence-corrected chi connectivity index (χ4v) is 3.61. The van der Waals surface area contributed by atoms with Gasteiger partial charge in [-0.05, 0) is 31.5 Å². The highest BCUT2D eigenvalue weighted by Gasteiger charge is 2.15. The van der Waals surface area contributed by atoms with Gasteiger partial charge in [-0.25, -0.2) is 4.98 Å². The zero-order valence-electron chi connectivity index (χ0n) is 18.6. The van der Waals surface area contributed by atoms with E-state index in [4.69, 9.17) is 4.74 Å². The molecule has 1 fully saturated rings. The Hall–Kier alpha value is -2.07. The number of hydrogen-bond acceptors (Lipinski definition) is 5. The van der Waals surface area contributed by atoms with E-state index in [0.717, 1.165) is 64.1 Å². The lowest BCUT2D eigenvalue weighted by Gasteiger charge is -2.29. The number of aromatic nitrogens is 1. The lowest BCUT2D eigenvalue weighted by atomic mass is 10.2. The summed E-state index contributed by atoms with van der Waals surface area (Å²) in [5.41, 5.74) is 2.44. The van der Waals surface area contributed by atoms with Gasteiger partial charge in [0, 0.05) is 63.8 Å². The molecule has 2 aromatic rings. The van der Waals surface area contributed by atoms with Crippen molar-refractivity contribution in [2.24, 2.45) is 4.99 Å². The van der Waals surface area contributed by atoms with E-state index in [0.29, 0.717) is 6.54 Å². The highest BCUT2D eigenvalue weighted by atomic mass is 127. The minimum atomic E-state index is 0. The molecule has 1 aliphatic heterocycles. The maximum absolute atomic E-state index is 5.47. The van der Waals surface area contributed by atoms with Gasteiger partial charge in [-0.2, -0.15) is 0 Å². The molecule has 8 heteroatoms. The van der Waals surface area contributed by atoms with Gasteiger partial charge in [0.1, 0.15) is 5.82 Å². The molecule has 1 aromatic heterocycles. The van der Waals surface area contributed by atoms with Gasteiger partial charge < -0.3 is 25.2 Å². The molecule has 2 N–H and O–H groups in total. The van der Waals surface area contributed by atoms with Crippen LogP contribution in [-0.2, 0) is 11.3 Å². The summed E-state index contributed by atoms with van der Waals surface area (Å²) in [6.45, 7) is 9.03. The van der Waals surface area contributed by atoms with E-state index in [2.05, 4.69) is 73.7 Å². The number of ether oxygens (including phenoxy) is 1. The molecule has 31 heavy (non-hydrogen) atoms. The molecule has 0 aliphatic carbocycles. The zero-order valence-corrected chi connectivity index (χ0v) is 20.9. The van der Waals surface area contributed by atoms with Gasteiger partial charge in [0.2, 0.25) is 0 Å². The number of rotatable bonds is 9. The van der Waals surface area contributed by atoms with E-state index in [1.807, 2.05) is 19.3 Å². The molecular formula is C23H35IN6O. The molecule has 3 rings (SSSR count). The van der Waals surface area contributed by atoms with Gasteiger partial charge in [-0.15, -0.1) is 24.0 Å². The molecule has 1 aliphatic rings. The van der Waals surface area contributed by atoms with Crippen molar-refractivity contribution in [3.63, 3.8) is 0 Å². The van der Waals surface area contributed by atoms with Crippen LogP contribution in [0.4, 0.5) is 11.5 Å². The van der Waals surface area contributed by atoms with Gasteiger partial charge in [-0.3, -0.25) is 4.99 Å². The average Bonchev–Trinajstić information content (AvgIpc) is 2.82. The molecular weight excluding hydrogens is 503 g/mol. The number of pyridine rings is 1. The van der Waals surface area contributed by atoms with Crippen LogP contribution in [0.1, 0.15) is 18.9 Å². The third-order valence-electron chi connectivity index (χ3n) is 5.25. The van der Waals surface area contributed by atoms with E-state index in [-0.39, 0.29) is 24.0 Å². The van der Waals surface area contributed by atoms with E-state index >= 15 is 0 Å². The van der Waals surface area contributed by atoms with Crippen molar-refractivity contribution in [1.82, 2.24) is 15.6 Å². The summed E-state index contributed by atoms with van der Waals surface area (Å²) in [6, 6.07) is 14.7. The summed E-state index contributed by atoms with van der Waals surface area (Å²) in [7, 11) is 1.81. The van der Waals surface area contributed by atoms with Crippen LogP contribution in [0.5, 0.6) is 0 Å². The minimum absolute atomic E-state index is 0. The summed E-state index contributed by atoms with van der Waals surface area (Å²) < 4.78 is 5.47. The first-order valence-electron chi connectivity index (χ1n) is 10.8. The highest BCUT2D eigenvalue weighted by molar-refractivity contribution is 14.0. The van der Waals surface area contributed by atoms with E-state index in [9.17, 15) is 0 Å². The molecule has 0 bridgehead atoms. The third-order valence-corrected chi connectivity index (χ3v) is 5.25. The number of guanidine groups is 1. The number of anilines is 2. The molecule has 7 nitrogen and oxygen atoms in total. The van der Waals surface area contributed by atoms with Crippen LogP contribution >= 0.6 is 24.0 Å². The second-order valence-corrected chi connectivity index (χ2v) is 7.21. The first kappa shape index (κ1) is 25.2. The minimum Gasteiger partial charge on any atom is -0.378 e. The zero-order chi connectivity index (χ0) is 21.0. The van der Waals surface area contributed by atoms with Crippen LogP contribution in [-0.4, -0.2) is 63.9 Å². The molecule has 0 saturated carbocycles. The second-order valence-electron chi connectivity index (χ2n) is 7.21. The van der Waals surface area contributed by atoms with Crippen molar-refractivity contribution < 1.29 is 4.74 Å². The Morgan fingerprint density at radius 3 is 2.61 bits per heavy atom. The standard InChI is InChI=1S/C23H34N6O.HI/c1-3-28(21-10-5-4-6-11-21)14-8-13-26-23(24-2)27-19-20-9-7-12-25-22(20)29-15-17-30-18-16-29;/h4-7,9-12H,3,8,13-19H2,1-2H3,(H2,24,26,27);1H. The topological polar surface area (TPSA) is 65.0 Å². The predicted molar refractivity (Wildman–Crippen MR) is 140 cm³/mol. The first-order valence-corrected chi connectivity index (χ1v) is 10.8. The van der Waals surface area contributed by atoms with Crippen LogP contribution < -0.4 is 20.4 Å². The van der Waals surface area contributed by atoms with Crippen LogP contribution in [0.15, 0.2) is 53.7 Å². The molecule has 0 amide bonds. The molecule has 1 saturated heterocycles. The molecule has 170 valence electrons. The summed E-state index contributed by atoms with van der Waals surface area (Å²) in [6.07, 6.45) is 2.89. The second kappa shape index (κ2) is 14.1. The van der Waals surface area contributed by atoms with Gasteiger partial charge in [-0.1, -0.05) is 24.3 Å². The quantitative estimate of drug-likeness (QED) is 0.222. The lowest BCUT2D eigenvalue weighted by Crippen LogP contribution is -2.40. The van der Waals surface area contributed by atoms with Crippen LogP contribution in [0.25, 0.3) is 0 Å². The number of nitrogens with zero attached hydrogens (tertiary/aromatic N) is 4. The molecule has 0 unspecified atom stereocenters. The fraction of sp³-hybridized carbons (Fsp3) is 0.478. The number of nitrogens with one attached hydrogen (secondary N) is 2. The number of para-hydroxylation sites is 1. The van der Waals surface area contributed by atoms with Crippen LogP contribution in [0.3, 0.4) is 0 Å². The number of hydrogen-bond donors (Lipinski definition) is 2. The van der Waals surface area contributed by atoms with Gasteiger partial charge in [0.15, 0.2) is 5.96 Å². The van der Waals surface area contributed by atoms with E-state index < -0.39 is 0 Å². The molecule has 1 aromatic carbocycles. The highest BCUT2D eigenvalue weighted by Crippen LogP contribution is 2.18. The van der Waals surface area contributed by atoms with Crippen molar-refractivity contribution in [1.29, 1.82) is 0 Å². The molecule has 2 heterocycles. The van der Waals surface area contributed by atoms with Crippen molar-refractivity contribution in [2.75, 3.05) is 62.8 Å². The largest absolute Gasteiger partial charge is 0.378 e. The summed E-state index contributed by atoms with van der Waals surface area (Å²) in [5.74, 6) is 1.85. The average molecular weight is 538 g/mol. The van der Waals surface area contributed by atoms with E-state index in [1.54, 1.807) is 0 Å². The first-order chi connectivity index (χ1) is 14.8. The monoisotopic (exact) mass is 538 g/mol.